The van der Waals surface area contributed by atoms with Crippen LogP contribution in [0.4, 0.5) is 0 Å². The average molecular weight is 374 g/mol. The molecule has 3 aromatic rings. The summed E-state index contributed by atoms with van der Waals surface area (Å²) in [5, 5.41) is 4.03. The van der Waals surface area contributed by atoms with Crippen LogP contribution in [0, 0.1) is 6.92 Å². The van der Waals surface area contributed by atoms with Crippen LogP contribution in [0.3, 0.4) is 0 Å². The molecule has 2 aromatic heterocycles. The highest BCUT2D eigenvalue weighted by molar-refractivity contribution is 7.89. The Labute approximate surface area is 151 Å². The second kappa shape index (κ2) is 7.35. The molecule has 0 unspecified atom stereocenters. The Hall–Kier alpha value is -2.22. The van der Waals surface area contributed by atoms with Gasteiger partial charge in [-0.3, -0.25) is 4.98 Å². The Balaban J connectivity index is 1.81. The summed E-state index contributed by atoms with van der Waals surface area (Å²) in [5.41, 5.74) is 3.68. The number of nitrogens with zero attached hydrogens (tertiary/aromatic N) is 1. The molecule has 25 heavy (non-hydrogen) atoms. The molecule has 0 saturated carbocycles. The van der Waals surface area contributed by atoms with Gasteiger partial charge in [-0.25, -0.2) is 13.1 Å². The number of thiophene rings is 1. The van der Waals surface area contributed by atoms with Gasteiger partial charge in [0.1, 0.15) is 10.6 Å². The minimum Gasteiger partial charge on any atom is -0.495 e. The number of hydrogen-bond acceptors (Lipinski definition) is 5. The number of methoxy groups -OCH3 is 1. The molecule has 0 saturated heterocycles. The number of ether oxygens (including phenoxy) is 1. The van der Waals surface area contributed by atoms with Gasteiger partial charge in [0.25, 0.3) is 0 Å². The quantitative estimate of drug-likeness (QED) is 0.716. The number of aryl methyl sites for hydroxylation is 1. The maximum absolute atomic E-state index is 12.6. The molecule has 0 amide bonds. The highest BCUT2D eigenvalue weighted by Crippen LogP contribution is 2.25. The van der Waals surface area contributed by atoms with Crippen molar-refractivity contribution in [3.05, 3.63) is 64.6 Å². The van der Waals surface area contributed by atoms with Crippen LogP contribution >= 0.6 is 11.3 Å². The monoisotopic (exact) mass is 374 g/mol. The van der Waals surface area contributed by atoms with E-state index in [9.17, 15) is 8.42 Å². The minimum absolute atomic E-state index is 0.136. The molecular weight excluding hydrogens is 356 g/mol. The molecule has 0 aliphatic carbocycles. The van der Waals surface area contributed by atoms with Crippen LogP contribution < -0.4 is 9.46 Å². The fourth-order valence-corrected chi connectivity index (χ4v) is 4.36. The van der Waals surface area contributed by atoms with E-state index in [1.54, 1.807) is 35.9 Å². The van der Waals surface area contributed by atoms with Crippen molar-refractivity contribution in [2.45, 2.75) is 18.4 Å². The molecule has 0 aliphatic rings. The van der Waals surface area contributed by atoms with Crippen molar-refractivity contribution in [2.24, 2.45) is 0 Å². The van der Waals surface area contributed by atoms with Gasteiger partial charge in [0, 0.05) is 24.5 Å². The highest BCUT2D eigenvalue weighted by atomic mass is 32.2. The van der Waals surface area contributed by atoms with E-state index in [0.29, 0.717) is 5.75 Å². The number of aromatic nitrogens is 1. The first-order chi connectivity index (χ1) is 12.0. The fourth-order valence-electron chi connectivity index (χ4n) is 2.42. The number of hydrogen-bond donors (Lipinski definition) is 1. The molecule has 2 heterocycles. The van der Waals surface area contributed by atoms with Crippen molar-refractivity contribution in [1.29, 1.82) is 0 Å². The van der Waals surface area contributed by atoms with Gasteiger partial charge < -0.3 is 4.74 Å². The van der Waals surface area contributed by atoms with Crippen LogP contribution in [0.5, 0.6) is 5.75 Å². The Morgan fingerprint density at radius 3 is 2.72 bits per heavy atom. The zero-order chi connectivity index (χ0) is 17.9. The first kappa shape index (κ1) is 17.6. The third-order valence-corrected chi connectivity index (χ3v) is 5.83. The summed E-state index contributed by atoms with van der Waals surface area (Å²) in [4.78, 5) is 4.34. The lowest BCUT2D eigenvalue weighted by atomic mass is 10.1. The largest absolute Gasteiger partial charge is 0.495 e. The molecule has 0 atom stereocenters. The molecule has 0 radical (unpaired) electrons. The lowest BCUT2D eigenvalue weighted by Crippen LogP contribution is -2.24. The predicted octanol–water partition coefficient (Wildman–Crippen LogP) is 3.61. The van der Waals surface area contributed by atoms with E-state index in [1.165, 1.54) is 7.11 Å². The van der Waals surface area contributed by atoms with E-state index >= 15 is 0 Å². The molecule has 130 valence electrons. The topological polar surface area (TPSA) is 68.3 Å². The van der Waals surface area contributed by atoms with Gasteiger partial charge in [-0.05, 0) is 58.6 Å². The Kier molecular flexibility index (Phi) is 5.17. The van der Waals surface area contributed by atoms with Crippen molar-refractivity contribution >= 4 is 21.4 Å². The molecule has 0 spiro atoms. The Morgan fingerprint density at radius 2 is 2.00 bits per heavy atom. The van der Waals surface area contributed by atoms with Crippen molar-refractivity contribution in [2.75, 3.05) is 7.11 Å². The van der Waals surface area contributed by atoms with E-state index in [-0.39, 0.29) is 11.4 Å². The lowest BCUT2D eigenvalue weighted by Gasteiger charge is -2.12. The number of sulfonamides is 1. The normalized spacial score (nSPS) is 11.4. The van der Waals surface area contributed by atoms with E-state index in [2.05, 4.69) is 9.71 Å². The second-order valence-electron chi connectivity index (χ2n) is 5.57. The minimum atomic E-state index is -3.69. The summed E-state index contributed by atoms with van der Waals surface area (Å²) in [7, 11) is -2.23. The van der Waals surface area contributed by atoms with Gasteiger partial charge in [-0.2, -0.15) is 11.3 Å². The molecule has 0 bridgehead atoms. The molecule has 0 aliphatic heterocycles. The van der Waals surface area contributed by atoms with Crippen molar-refractivity contribution in [1.82, 2.24) is 9.71 Å². The van der Waals surface area contributed by atoms with Crippen LogP contribution in [0.2, 0.25) is 0 Å². The van der Waals surface area contributed by atoms with Gasteiger partial charge in [-0.1, -0.05) is 6.07 Å². The van der Waals surface area contributed by atoms with E-state index < -0.39 is 10.0 Å². The zero-order valence-corrected chi connectivity index (χ0v) is 15.5. The van der Waals surface area contributed by atoms with Crippen LogP contribution in [0.15, 0.2) is 58.4 Å². The van der Waals surface area contributed by atoms with Crippen LogP contribution in [0.25, 0.3) is 11.1 Å². The average Bonchev–Trinajstić information content (AvgIpc) is 3.15. The van der Waals surface area contributed by atoms with Crippen molar-refractivity contribution in [3.63, 3.8) is 0 Å². The highest BCUT2D eigenvalue weighted by Gasteiger charge is 2.19. The fraction of sp³-hybridized carbons (Fsp3) is 0.167. The summed E-state index contributed by atoms with van der Waals surface area (Å²) < 4.78 is 33.1. The summed E-state index contributed by atoms with van der Waals surface area (Å²) in [6.07, 6.45) is 3.43. The van der Waals surface area contributed by atoms with Gasteiger partial charge in [0.2, 0.25) is 10.0 Å². The van der Waals surface area contributed by atoms with E-state index in [1.807, 2.05) is 35.9 Å². The third kappa shape index (κ3) is 4.07. The van der Waals surface area contributed by atoms with Gasteiger partial charge in [-0.15, -0.1) is 0 Å². The van der Waals surface area contributed by atoms with Gasteiger partial charge in [0.05, 0.1) is 7.11 Å². The zero-order valence-electron chi connectivity index (χ0n) is 13.9. The van der Waals surface area contributed by atoms with Crippen molar-refractivity contribution < 1.29 is 13.2 Å². The smallest absolute Gasteiger partial charge is 0.244 e. The summed E-state index contributed by atoms with van der Waals surface area (Å²) >= 11 is 1.61. The SMILES string of the molecule is COc1ccc(C)cc1S(=O)(=O)NCc1cncc(-c2ccsc2)c1. The molecule has 1 aromatic carbocycles. The van der Waals surface area contributed by atoms with Crippen LogP contribution in [-0.4, -0.2) is 20.5 Å². The predicted molar refractivity (Wildman–Crippen MR) is 99.3 cm³/mol. The molecule has 3 rings (SSSR count). The summed E-state index contributed by atoms with van der Waals surface area (Å²) in [5.74, 6) is 0.322. The van der Waals surface area contributed by atoms with Crippen LogP contribution in [-0.2, 0) is 16.6 Å². The molecule has 5 nitrogen and oxygen atoms in total. The van der Waals surface area contributed by atoms with Gasteiger partial charge >= 0.3 is 0 Å². The summed E-state index contributed by atoms with van der Waals surface area (Å²) in [6.45, 7) is 2.00. The number of rotatable bonds is 6. The third-order valence-electron chi connectivity index (χ3n) is 3.72. The number of nitrogens with one attached hydrogen (secondary N) is 1. The van der Waals surface area contributed by atoms with Crippen molar-refractivity contribution in [3.8, 4) is 16.9 Å². The molecule has 7 heteroatoms. The Bertz CT molecular complexity index is 968. The van der Waals surface area contributed by atoms with E-state index in [4.69, 9.17) is 4.74 Å². The number of pyridine rings is 1. The number of benzene rings is 1. The summed E-state index contributed by atoms with van der Waals surface area (Å²) in [6, 6.07) is 9.01. The molecule has 1 N–H and O–H groups in total. The molecular formula is C18H18N2O3S2. The maximum atomic E-state index is 12.6. The second-order valence-corrected chi connectivity index (χ2v) is 8.09. The first-order valence-corrected chi connectivity index (χ1v) is 10.0. The maximum Gasteiger partial charge on any atom is 0.244 e. The lowest BCUT2D eigenvalue weighted by molar-refractivity contribution is 0.402. The first-order valence-electron chi connectivity index (χ1n) is 7.60. The standard InChI is InChI=1S/C18H18N2O3S2/c1-13-3-4-17(23-2)18(7-13)25(21,22)20-10-14-8-16(11-19-9-14)15-5-6-24-12-15/h3-9,11-12,20H,10H2,1-2H3. The van der Waals surface area contributed by atoms with Crippen LogP contribution in [0.1, 0.15) is 11.1 Å². The Morgan fingerprint density at radius 1 is 1.16 bits per heavy atom. The van der Waals surface area contributed by atoms with E-state index in [0.717, 1.165) is 22.3 Å². The molecule has 0 fully saturated rings. The van der Waals surface area contributed by atoms with Gasteiger partial charge in [0.15, 0.2) is 0 Å².